The van der Waals surface area contributed by atoms with Crippen molar-refractivity contribution in [2.45, 2.75) is 38.5 Å². The molecule has 0 bridgehead atoms. The molecule has 2 rings (SSSR count). The molecule has 1 atom stereocenters. The number of piperidine rings is 1. The van der Waals surface area contributed by atoms with Crippen LogP contribution in [0.1, 0.15) is 49.7 Å². The van der Waals surface area contributed by atoms with Gasteiger partial charge in [-0.05, 0) is 61.4 Å². The first-order chi connectivity index (χ1) is 8.72. The van der Waals surface area contributed by atoms with Crippen LogP contribution in [0.3, 0.4) is 0 Å². The molecule has 1 aromatic rings. The Hall–Kier alpha value is -0.860. The van der Waals surface area contributed by atoms with Gasteiger partial charge < -0.3 is 11.1 Å². The minimum atomic E-state index is 0.492. The van der Waals surface area contributed by atoms with Crippen molar-refractivity contribution in [2.75, 3.05) is 19.6 Å². The van der Waals surface area contributed by atoms with Crippen LogP contribution in [0, 0.1) is 5.92 Å². The van der Waals surface area contributed by atoms with Gasteiger partial charge in [0.15, 0.2) is 0 Å². The van der Waals surface area contributed by atoms with Gasteiger partial charge in [0.1, 0.15) is 0 Å². The first-order valence-electron chi connectivity index (χ1n) is 7.23. The normalized spacial score (nSPS) is 19.1. The number of hydrogen-bond donors (Lipinski definition) is 2. The topological polar surface area (TPSA) is 38.0 Å². The molecule has 1 aliphatic heterocycles. The monoisotopic (exact) mass is 246 g/mol. The molecular formula is C16H26N2. The van der Waals surface area contributed by atoms with E-state index in [1.807, 2.05) is 0 Å². The Labute approximate surface area is 111 Å². The van der Waals surface area contributed by atoms with Crippen LogP contribution >= 0.6 is 0 Å². The quantitative estimate of drug-likeness (QED) is 0.857. The molecule has 100 valence electrons. The van der Waals surface area contributed by atoms with Crippen LogP contribution in [0.5, 0.6) is 0 Å². The fourth-order valence-electron chi connectivity index (χ4n) is 2.99. The zero-order chi connectivity index (χ0) is 13.0. The molecule has 1 unspecified atom stereocenters. The summed E-state index contributed by atoms with van der Waals surface area (Å²) in [5.41, 5.74) is 8.85. The van der Waals surface area contributed by atoms with Gasteiger partial charge in [-0.15, -0.1) is 0 Å². The van der Waals surface area contributed by atoms with E-state index < -0.39 is 0 Å². The Bertz CT molecular complexity index is 367. The summed E-state index contributed by atoms with van der Waals surface area (Å²) < 4.78 is 0. The summed E-state index contributed by atoms with van der Waals surface area (Å²) in [7, 11) is 0. The van der Waals surface area contributed by atoms with Crippen molar-refractivity contribution in [3.05, 3.63) is 35.4 Å². The van der Waals surface area contributed by atoms with E-state index in [0.29, 0.717) is 11.8 Å². The molecule has 1 saturated heterocycles. The summed E-state index contributed by atoms with van der Waals surface area (Å²) >= 11 is 0. The van der Waals surface area contributed by atoms with Gasteiger partial charge in [-0.2, -0.15) is 0 Å². The van der Waals surface area contributed by atoms with E-state index in [0.717, 1.165) is 25.6 Å². The second kappa shape index (κ2) is 6.35. The van der Waals surface area contributed by atoms with Crippen LogP contribution in [-0.4, -0.2) is 19.6 Å². The molecule has 1 heterocycles. The fraction of sp³-hybridized carbons (Fsp3) is 0.625. The molecule has 1 aliphatic rings. The zero-order valence-electron chi connectivity index (χ0n) is 11.7. The zero-order valence-corrected chi connectivity index (χ0v) is 11.7. The van der Waals surface area contributed by atoms with Gasteiger partial charge in [0, 0.05) is 0 Å². The fourth-order valence-corrected chi connectivity index (χ4v) is 2.99. The van der Waals surface area contributed by atoms with Crippen molar-refractivity contribution < 1.29 is 0 Å². The van der Waals surface area contributed by atoms with Crippen LogP contribution in [0.15, 0.2) is 24.3 Å². The number of nitrogens with one attached hydrogen (secondary N) is 1. The van der Waals surface area contributed by atoms with Gasteiger partial charge in [0.25, 0.3) is 0 Å². The Morgan fingerprint density at radius 3 is 2.61 bits per heavy atom. The average Bonchev–Trinajstić information content (AvgIpc) is 2.40. The summed E-state index contributed by atoms with van der Waals surface area (Å²) in [6, 6.07) is 9.13. The van der Waals surface area contributed by atoms with E-state index in [1.165, 1.54) is 24.0 Å². The molecular weight excluding hydrogens is 220 g/mol. The summed E-state index contributed by atoms with van der Waals surface area (Å²) in [4.78, 5) is 0. The van der Waals surface area contributed by atoms with Gasteiger partial charge in [-0.3, -0.25) is 0 Å². The standard InChI is InChI=1S/C16H26N2/c1-12(2)16(11-17)15-5-3-4-14(10-15)13-6-8-18-9-7-13/h3-5,10,12-13,16,18H,6-9,11,17H2,1-2H3. The second-order valence-corrected chi connectivity index (χ2v) is 5.78. The maximum absolute atomic E-state index is 5.92. The largest absolute Gasteiger partial charge is 0.330 e. The molecule has 0 saturated carbocycles. The maximum Gasteiger partial charge on any atom is -0.000577 e. The van der Waals surface area contributed by atoms with Gasteiger partial charge in [0.05, 0.1) is 0 Å². The van der Waals surface area contributed by atoms with Crippen LogP contribution in [-0.2, 0) is 0 Å². The van der Waals surface area contributed by atoms with Gasteiger partial charge >= 0.3 is 0 Å². The summed E-state index contributed by atoms with van der Waals surface area (Å²) in [6.07, 6.45) is 2.52. The molecule has 2 heteroatoms. The van der Waals surface area contributed by atoms with Crippen LogP contribution in [0.2, 0.25) is 0 Å². The molecule has 0 aliphatic carbocycles. The first-order valence-corrected chi connectivity index (χ1v) is 7.23. The molecule has 0 spiro atoms. The van der Waals surface area contributed by atoms with E-state index in [1.54, 1.807) is 0 Å². The van der Waals surface area contributed by atoms with E-state index in [-0.39, 0.29) is 0 Å². The third kappa shape index (κ3) is 3.12. The summed E-state index contributed by atoms with van der Waals surface area (Å²) in [5.74, 6) is 1.83. The Kier molecular flexibility index (Phi) is 4.79. The van der Waals surface area contributed by atoms with Crippen LogP contribution in [0.25, 0.3) is 0 Å². The minimum Gasteiger partial charge on any atom is -0.330 e. The predicted molar refractivity (Wildman–Crippen MR) is 77.9 cm³/mol. The minimum absolute atomic E-state index is 0.492. The summed E-state index contributed by atoms with van der Waals surface area (Å²) in [6.45, 7) is 7.57. The van der Waals surface area contributed by atoms with Crippen molar-refractivity contribution in [1.29, 1.82) is 0 Å². The van der Waals surface area contributed by atoms with E-state index in [9.17, 15) is 0 Å². The van der Waals surface area contributed by atoms with Crippen molar-refractivity contribution in [3.8, 4) is 0 Å². The maximum atomic E-state index is 5.92. The SMILES string of the molecule is CC(C)C(CN)c1cccc(C2CCNCC2)c1. The van der Waals surface area contributed by atoms with E-state index in [2.05, 4.69) is 43.4 Å². The van der Waals surface area contributed by atoms with Crippen molar-refractivity contribution >= 4 is 0 Å². The second-order valence-electron chi connectivity index (χ2n) is 5.78. The average molecular weight is 246 g/mol. The highest BCUT2D eigenvalue weighted by atomic mass is 14.9. The van der Waals surface area contributed by atoms with Crippen LogP contribution < -0.4 is 11.1 Å². The molecule has 0 amide bonds. The van der Waals surface area contributed by atoms with Crippen molar-refractivity contribution in [1.82, 2.24) is 5.32 Å². The van der Waals surface area contributed by atoms with E-state index in [4.69, 9.17) is 5.73 Å². The van der Waals surface area contributed by atoms with Crippen molar-refractivity contribution in [2.24, 2.45) is 11.7 Å². The predicted octanol–water partition coefficient (Wildman–Crippen LogP) is 2.85. The lowest BCUT2D eigenvalue weighted by atomic mass is 9.84. The highest BCUT2D eigenvalue weighted by Gasteiger charge is 2.18. The molecule has 0 radical (unpaired) electrons. The number of rotatable bonds is 4. The Morgan fingerprint density at radius 1 is 1.28 bits per heavy atom. The molecule has 1 aromatic carbocycles. The number of hydrogen-bond acceptors (Lipinski definition) is 2. The summed E-state index contributed by atoms with van der Waals surface area (Å²) in [5, 5.41) is 3.43. The molecule has 1 fully saturated rings. The third-order valence-corrected chi connectivity index (χ3v) is 4.21. The molecule has 0 aromatic heterocycles. The van der Waals surface area contributed by atoms with Gasteiger partial charge in [-0.25, -0.2) is 0 Å². The number of nitrogens with two attached hydrogens (primary N) is 1. The molecule has 18 heavy (non-hydrogen) atoms. The highest BCUT2D eigenvalue weighted by molar-refractivity contribution is 5.30. The Morgan fingerprint density at radius 2 is 2.00 bits per heavy atom. The highest BCUT2D eigenvalue weighted by Crippen LogP contribution is 2.29. The molecule has 2 nitrogen and oxygen atoms in total. The first kappa shape index (κ1) is 13.6. The molecule has 3 N–H and O–H groups in total. The smallest absolute Gasteiger partial charge is 0.000577 e. The van der Waals surface area contributed by atoms with Gasteiger partial charge in [0.2, 0.25) is 0 Å². The van der Waals surface area contributed by atoms with Crippen molar-refractivity contribution in [3.63, 3.8) is 0 Å². The lowest BCUT2D eigenvalue weighted by Gasteiger charge is -2.25. The van der Waals surface area contributed by atoms with E-state index >= 15 is 0 Å². The lowest BCUT2D eigenvalue weighted by molar-refractivity contribution is 0.458. The Balaban J connectivity index is 2.18. The van der Waals surface area contributed by atoms with Crippen LogP contribution in [0.4, 0.5) is 0 Å². The van der Waals surface area contributed by atoms with Gasteiger partial charge in [-0.1, -0.05) is 38.1 Å². The lowest BCUT2D eigenvalue weighted by Crippen LogP contribution is -2.26. The number of benzene rings is 1. The third-order valence-electron chi connectivity index (χ3n) is 4.21.